The van der Waals surface area contributed by atoms with Crippen molar-refractivity contribution >= 4 is 11.6 Å². The number of aryl methyl sites for hydroxylation is 1. The van der Waals surface area contributed by atoms with Crippen molar-refractivity contribution < 1.29 is 5.11 Å². The van der Waals surface area contributed by atoms with Gasteiger partial charge in [0.15, 0.2) is 0 Å². The van der Waals surface area contributed by atoms with E-state index in [0.717, 1.165) is 24.4 Å². The minimum Gasteiger partial charge on any atom is -0.508 e. The Morgan fingerprint density at radius 2 is 2.28 bits per heavy atom. The smallest absolute Gasteiger partial charge is 0.120 e. The SMILES string of the molecule is Cn1ccnc1CCNCc1cc(Cl)ccc1O. The lowest BCUT2D eigenvalue weighted by Gasteiger charge is -2.07. The van der Waals surface area contributed by atoms with E-state index in [1.54, 1.807) is 24.4 Å². The van der Waals surface area contributed by atoms with Crippen LogP contribution >= 0.6 is 11.6 Å². The second-order valence-corrected chi connectivity index (χ2v) is 4.59. The molecule has 0 unspecified atom stereocenters. The Labute approximate surface area is 111 Å². The van der Waals surface area contributed by atoms with Crippen molar-refractivity contribution in [3.63, 3.8) is 0 Å². The minimum atomic E-state index is 0.267. The molecule has 0 fully saturated rings. The van der Waals surface area contributed by atoms with Gasteiger partial charge in [-0.1, -0.05) is 11.6 Å². The van der Waals surface area contributed by atoms with E-state index < -0.39 is 0 Å². The fourth-order valence-corrected chi connectivity index (χ4v) is 1.95. The molecule has 1 aromatic heterocycles. The number of hydrogen-bond acceptors (Lipinski definition) is 3. The average molecular weight is 266 g/mol. The second-order valence-electron chi connectivity index (χ2n) is 4.15. The first-order chi connectivity index (χ1) is 8.66. The molecule has 18 heavy (non-hydrogen) atoms. The molecule has 0 aliphatic carbocycles. The zero-order chi connectivity index (χ0) is 13.0. The number of rotatable bonds is 5. The zero-order valence-corrected chi connectivity index (χ0v) is 11.0. The monoisotopic (exact) mass is 265 g/mol. The number of benzene rings is 1. The fourth-order valence-electron chi connectivity index (χ4n) is 1.76. The first kappa shape index (κ1) is 12.9. The molecule has 5 heteroatoms. The van der Waals surface area contributed by atoms with Crippen molar-refractivity contribution in [2.45, 2.75) is 13.0 Å². The number of phenols is 1. The first-order valence-corrected chi connectivity index (χ1v) is 6.19. The van der Waals surface area contributed by atoms with E-state index in [1.165, 1.54) is 0 Å². The van der Waals surface area contributed by atoms with Crippen LogP contribution in [0.3, 0.4) is 0 Å². The Kier molecular flexibility index (Phi) is 4.23. The van der Waals surface area contributed by atoms with E-state index in [4.69, 9.17) is 11.6 Å². The Balaban J connectivity index is 1.82. The lowest BCUT2D eigenvalue weighted by atomic mass is 10.2. The molecule has 0 aliphatic heterocycles. The molecule has 2 aromatic rings. The van der Waals surface area contributed by atoms with Crippen molar-refractivity contribution in [1.82, 2.24) is 14.9 Å². The molecule has 0 saturated heterocycles. The van der Waals surface area contributed by atoms with Crippen molar-refractivity contribution in [3.05, 3.63) is 47.0 Å². The van der Waals surface area contributed by atoms with Crippen molar-refractivity contribution in [2.24, 2.45) is 7.05 Å². The van der Waals surface area contributed by atoms with Gasteiger partial charge in [-0.15, -0.1) is 0 Å². The summed E-state index contributed by atoms with van der Waals surface area (Å²) in [5.41, 5.74) is 0.808. The number of imidazole rings is 1. The predicted molar refractivity (Wildman–Crippen MR) is 71.7 cm³/mol. The highest BCUT2D eigenvalue weighted by Gasteiger charge is 2.02. The van der Waals surface area contributed by atoms with Crippen LogP contribution in [0.5, 0.6) is 5.75 Å². The predicted octanol–water partition coefficient (Wildman–Crippen LogP) is 2.11. The van der Waals surface area contributed by atoms with E-state index in [2.05, 4.69) is 10.3 Å². The summed E-state index contributed by atoms with van der Waals surface area (Å²) in [7, 11) is 1.98. The number of halogens is 1. The molecule has 1 heterocycles. The molecule has 0 bridgehead atoms. The molecule has 0 amide bonds. The Hall–Kier alpha value is -1.52. The van der Waals surface area contributed by atoms with Gasteiger partial charge < -0.3 is 15.0 Å². The second kappa shape index (κ2) is 5.89. The van der Waals surface area contributed by atoms with E-state index >= 15 is 0 Å². The standard InChI is InChI=1S/C13H16ClN3O/c1-17-7-6-16-13(17)4-5-15-9-10-8-11(14)2-3-12(10)18/h2-3,6-8,15,18H,4-5,9H2,1H3. The maximum absolute atomic E-state index is 9.65. The highest BCUT2D eigenvalue weighted by molar-refractivity contribution is 6.30. The van der Waals surface area contributed by atoms with Crippen LogP contribution in [0.1, 0.15) is 11.4 Å². The number of phenolic OH excluding ortho intramolecular Hbond substituents is 1. The van der Waals surface area contributed by atoms with Crippen LogP contribution in [0.2, 0.25) is 5.02 Å². The largest absolute Gasteiger partial charge is 0.508 e. The van der Waals surface area contributed by atoms with Crippen LogP contribution in [0, 0.1) is 0 Å². The molecule has 0 saturated carbocycles. The number of aromatic nitrogens is 2. The highest BCUT2D eigenvalue weighted by atomic mass is 35.5. The van der Waals surface area contributed by atoms with Gasteiger partial charge in [0.25, 0.3) is 0 Å². The maximum atomic E-state index is 9.65. The van der Waals surface area contributed by atoms with E-state index in [0.29, 0.717) is 11.6 Å². The summed E-state index contributed by atoms with van der Waals surface area (Å²) in [4.78, 5) is 4.24. The molecule has 4 nitrogen and oxygen atoms in total. The lowest BCUT2D eigenvalue weighted by Crippen LogP contribution is -2.18. The van der Waals surface area contributed by atoms with Gasteiger partial charge in [-0.05, 0) is 18.2 Å². The van der Waals surface area contributed by atoms with E-state index in [1.807, 2.05) is 17.8 Å². The van der Waals surface area contributed by atoms with E-state index in [-0.39, 0.29) is 5.75 Å². The molecule has 2 rings (SSSR count). The molecule has 1 aromatic carbocycles. The van der Waals surface area contributed by atoms with Crippen molar-refractivity contribution in [1.29, 1.82) is 0 Å². The molecule has 0 aliphatic rings. The Bertz CT molecular complexity index is 525. The molecule has 96 valence electrons. The van der Waals surface area contributed by atoms with Gasteiger partial charge in [0.2, 0.25) is 0 Å². The third kappa shape index (κ3) is 3.24. The normalized spacial score (nSPS) is 10.8. The third-order valence-electron chi connectivity index (χ3n) is 2.80. The minimum absolute atomic E-state index is 0.267. The Morgan fingerprint density at radius 3 is 3.00 bits per heavy atom. The van der Waals surface area contributed by atoms with Gasteiger partial charge in [0.1, 0.15) is 11.6 Å². The van der Waals surface area contributed by atoms with Gasteiger partial charge in [-0.2, -0.15) is 0 Å². The quantitative estimate of drug-likeness (QED) is 0.814. The van der Waals surface area contributed by atoms with Crippen LogP contribution in [0.4, 0.5) is 0 Å². The molecular formula is C13H16ClN3O. The zero-order valence-electron chi connectivity index (χ0n) is 10.2. The third-order valence-corrected chi connectivity index (χ3v) is 3.04. The van der Waals surface area contributed by atoms with Crippen LogP contribution in [0.25, 0.3) is 0 Å². The van der Waals surface area contributed by atoms with Crippen molar-refractivity contribution in [2.75, 3.05) is 6.54 Å². The summed E-state index contributed by atoms with van der Waals surface area (Å²) in [6, 6.07) is 5.05. The van der Waals surface area contributed by atoms with Gasteiger partial charge in [-0.25, -0.2) is 4.98 Å². The molecule has 0 radical (unpaired) electrons. The Morgan fingerprint density at radius 1 is 1.44 bits per heavy atom. The maximum Gasteiger partial charge on any atom is 0.120 e. The number of nitrogens with one attached hydrogen (secondary N) is 1. The molecule has 0 atom stereocenters. The van der Waals surface area contributed by atoms with E-state index in [9.17, 15) is 5.11 Å². The summed E-state index contributed by atoms with van der Waals surface area (Å²) in [6.07, 6.45) is 4.57. The van der Waals surface area contributed by atoms with Gasteiger partial charge in [0.05, 0.1) is 0 Å². The fraction of sp³-hybridized carbons (Fsp3) is 0.308. The summed E-state index contributed by atoms with van der Waals surface area (Å²) in [6.45, 7) is 1.40. The first-order valence-electron chi connectivity index (χ1n) is 5.81. The van der Waals surface area contributed by atoms with Crippen LogP contribution in [0.15, 0.2) is 30.6 Å². The van der Waals surface area contributed by atoms with Gasteiger partial charge in [0, 0.05) is 49.5 Å². The van der Waals surface area contributed by atoms with Crippen LogP contribution < -0.4 is 5.32 Å². The lowest BCUT2D eigenvalue weighted by molar-refractivity contribution is 0.464. The summed E-state index contributed by atoms with van der Waals surface area (Å²) in [5.74, 6) is 1.31. The topological polar surface area (TPSA) is 50.1 Å². The number of aromatic hydroxyl groups is 1. The van der Waals surface area contributed by atoms with Gasteiger partial charge >= 0.3 is 0 Å². The molecule has 2 N–H and O–H groups in total. The summed E-state index contributed by atoms with van der Waals surface area (Å²) >= 11 is 5.88. The number of nitrogens with zero attached hydrogens (tertiary/aromatic N) is 2. The number of hydrogen-bond donors (Lipinski definition) is 2. The highest BCUT2D eigenvalue weighted by Crippen LogP contribution is 2.20. The van der Waals surface area contributed by atoms with Crippen LogP contribution in [-0.2, 0) is 20.0 Å². The average Bonchev–Trinajstić information content (AvgIpc) is 2.75. The molecular weight excluding hydrogens is 250 g/mol. The summed E-state index contributed by atoms with van der Waals surface area (Å²) in [5, 5.41) is 13.5. The van der Waals surface area contributed by atoms with Crippen molar-refractivity contribution in [3.8, 4) is 5.75 Å². The van der Waals surface area contributed by atoms with Gasteiger partial charge in [-0.3, -0.25) is 0 Å². The summed E-state index contributed by atoms with van der Waals surface area (Å²) < 4.78 is 2.00. The van der Waals surface area contributed by atoms with Crippen LogP contribution in [-0.4, -0.2) is 21.2 Å². The molecule has 0 spiro atoms.